The molecule has 0 spiro atoms. The third-order valence-electron chi connectivity index (χ3n) is 3.18. The Balaban J connectivity index is 1.87. The number of hydrogen-bond donors (Lipinski definition) is 3. The van der Waals surface area contributed by atoms with E-state index in [1.54, 1.807) is 0 Å². The van der Waals surface area contributed by atoms with Gasteiger partial charge in [-0.3, -0.25) is 4.79 Å². The number of aliphatic hydroxyl groups excluding tert-OH is 1. The normalized spacial score (nSPS) is 22.3. The van der Waals surface area contributed by atoms with Crippen molar-refractivity contribution in [3.8, 4) is 0 Å². The van der Waals surface area contributed by atoms with Crippen molar-refractivity contribution in [1.29, 1.82) is 0 Å². The molecule has 0 bridgehead atoms. The van der Waals surface area contributed by atoms with Gasteiger partial charge >= 0.3 is 5.51 Å². The van der Waals surface area contributed by atoms with Gasteiger partial charge in [-0.2, -0.15) is 13.2 Å². The summed E-state index contributed by atoms with van der Waals surface area (Å²) in [5.41, 5.74) is -4.04. The zero-order valence-electron chi connectivity index (χ0n) is 11.0. The van der Waals surface area contributed by atoms with E-state index in [2.05, 4.69) is 10.6 Å². The highest BCUT2D eigenvalue weighted by Crippen LogP contribution is 2.36. The van der Waals surface area contributed by atoms with Gasteiger partial charge in [-0.15, -0.1) is 0 Å². The van der Waals surface area contributed by atoms with Crippen molar-refractivity contribution >= 4 is 17.7 Å². The lowest BCUT2D eigenvalue weighted by Crippen LogP contribution is -2.34. The molecule has 1 saturated heterocycles. The minimum absolute atomic E-state index is 0.0365. The van der Waals surface area contributed by atoms with Gasteiger partial charge in [0.05, 0.1) is 6.10 Å². The van der Waals surface area contributed by atoms with Gasteiger partial charge in [-0.1, -0.05) is 0 Å². The number of β-amino-alcohol motifs (C(OH)–C–C–N with tert-alkyl or cyclic N) is 1. The summed E-state index contributed by atoms with van der Waals surface area (Å²) in [6, 6.07) is 5.23. The standard InChI is InChI=1S/C13H15F3N2O2S/c14-13(15,16)21-10-3-1-8(2-4-10)12(20)18-6-9-5-17-7-11(9)19/h1-4,9,11,17,19H,5-7H2,(H,18,20). The number of carbonyl (C=O) groups is 1. The second kappa shape index (κ2) is 6.67. The molecule has 21 heavy (non-hydrogen) atoms. The van der Waals surface area contributed by atoms with E-state index in [9.17, 15) is 23.1 Å². The highest BCUT2D eigenvalue weighted by Gasteiger charge is 2.29. The highest BCUT2D eigenvalue weighted by atomic mass is 32.2. The minimum Gasteiger partial charge on any atom is -0.391 e. The van der Waals surface area contributed by atoms with E-state index in [0.717, 1.165) is 0 Å². The van der Waals surface area contributed by atoms with Crippen LogP contribution >= 0.6 is 11.8 Å². The van der Waals surface area contributed by atoms with Gasteiger partial charge in [0, 0.05) is 36.0 Å². The molecule has 2 rings (SSSR count). The second-order valence-corrected chi connectivity index (χ2v) is 5.91. The SMILES string of the molecule is O=C(NCC1CNCC1O)c1ccc(SC(F)(F)F)cc1. The fraction of sp³-hybridized carbons (Fsp3) is 0.462. The molecule has 0 aromatic heterocycles. The van der Waals surface area contributed by atoms with E-state index >= 15 is 0 Å². The first-order valence-corrected chi connectivity index (χ1v) is 7.19. The fourth-order valence-electron chi connectivity index (χ4n) is 2.06. The Labute approximate surface area is 124 Å². The molecular weight excluding hydrogens is 305 g/mol. The molecule has 1 fully saturated rings. The van der Waals surface area contributed by atoms with Crippen molar-refractivity contribution in [1.82, 2.24) is 10.6 Å². The predicted molar refractivity (Wildman–Crippen MR) is 73.1 cm³/mol. The number of thioether (sulfide) groups is 1. The Kier molecular flexibility index (Phi) is 5.13. The number of nitrogens with one attached hydrogen (secondary N) is 2. The van der Waals surface area contributed by atoms with Gasteiger partial charge in [-0.25, -0.2) is 0 Å². The number of hydrogen-bond acceptors (Lipinski definition) is 4. The molecule has 3 N–H and O–H groups in total. The molecule has 2 unspecified atom stereocenters. The van der Waals surface area contributed by atoms with Crippen molar-refractivity contribution in [2.75, 3.05) is 19.6 Å². The van der Waals surface area contributed by atoms with E-state index in [1.807, 2.05) is 0 Å². The van der Waals surface area contributed by atoms with E-state index < -0.39 is 11.6 Å². The van der Waals surface area contributed by atoms with Gasteiger partial charge < -0.3 is 15.7 Å². The molecule has 1 aromatic carbocycles. The van der Waals surface area contributed by atoms with Crippen LogP contribution in [0.1, 0.15) is 10.4 Å². The smallest absolute Gasteiger partial charge is 0.391 e. The van der Waals surface area contributed by atoms with Crippen LogP contribution in [0.15, 0.2) is 29.2 Å². The molecule has 1 amide bonds. The molecular formula is C13H15F3N2O2S. The van der Waals surface area contributed by atoms with Crippen molar-refractivity contribution in [3.05, 3.63) is 29.8 Å². The summed E-state index contributed by atoms with van der Waals surface area (Å²) >= 11 is -0.218. The maximum Gasteiger partial charge on any atom is 0.446 e. The lowest BCUT2D eigenvalue weighted by Gasteiger charge is -2.14. The van der Waals surface area contributed by atoms with Gasteiger partial charge in [0.25, 0.3) is 5.91 Å². The van der Waals surface area contributed by atoms with Gasteiger partial charge in [0.15, 0.2) is 0 Å². The number of amides is 1. The molecule has 0 radical (unpaired) electrons. The van der Waals surface area contributed by atoms with Crippen LogP contribution < -0.4 is 10.6 Å². The lowest BCUT2D eigenvalue weighted by atomic mass is 10.1. The van der Waals surface area contributed by atoms with Crippen molar-refractivity contribution in [2.24, 2.45) is 5.92 Å². The molecule has 116 valence electrons. The summed E-state index contributed by atoms with van der Waals surface area (Å²) in [4.78, 5) is 11.9. The Bertz CT molecular complexity index is 493. The number of alkyl halides is 3. The molecule has 2 atom stereocenters. The van der Waals surface area contributed by atoms with E-state index in [1.165, 1.54) is 24.3 Å². The summed E-state index contributed by atoms with van der Waals surface area (Å²) in [6.45, 7) is 1.46. The number of halogens is 3. The summed E-state index contributed by atoms with van der Waals surface area (Å²) < 4.78 is 36.6. The van der Waals surface area contributed by atoms with Gasteiger partial charge in [-0.05, 0) is 36.0 Å². The van der Waals surface area contributed by atoms with Gasteiger partial charge in [0.2, 0.25) is 0 Å². The average Bonchev–Trinajstić information content (AvgIpc) is 2.80. The van der Waals surface area contributed by atoms with Crippen molar-refractivity contribution < 1.29 is 23.1 Å². The first-order chi connectivity index (χ1) is 9.85. The topological polar surface area (TPSA) is 61.4 Å². The van der Waals surface area contributed by atoms with Crippen molar-refractivity contribution in [3.63, 3.8) is 0 Å². The predicted octanol–water partition coefficient (Wildman–Crippen LogP) is 1.61. The fourth-order valence-corrected chi connectivity index (χ4v) is 2.60. The minimum atomic E-state index is -4.34. The van der Waals surface area contributed by atoms with E-state index in [4.69, 9.17) is 0 Å². The number of carbonyl (C=O) groups excluding carboxylic acids is 1. The van der Waals surface area contributed by atoms with Crippen LogP contribution in [0.3, 0.4) is 0 Å². The maximum atomic E-state index is 12.2. The van der Waals surface area contributed by atoms with Crippen LogP contribution in [0.4, 0.5) is 13.2 Å². The lowest BCUT2D eigenvalue weighted by molar-refractivity contribution is -0.0328. The van der Waals surface area contributed by atoms with E-state index in [0.29, 0.717) is 25.2 Å². The zero-order valence-corrected chi connectivity index (χ0v) is 11.8. The summed E-state index contributed by atoms with van der Waals surface area (Å²) in [6.07, 6.45) is -0.490. The number of rotatable bonds is 4. The third kappa shape index (κ3) is 4.90. The number of benzene rings is 1. The zero-order chi connectivity index (χ0) is 15.5. The van der Waals surface area contributed by atoms with Crippen molar-refractivity contribution in [2.45, 2.75) is 16.5 Å². The molecule has 1 aromatic rings. The Morgan fingerprint density at radius 1 is 1.33 bits per heavy atom. The maximum absolute atomic E-state index is 12.2. The monoisotopic (exact) mass is 320 g/mol. The molecule has 1 aliphatic heterocycles. The van der Waals surface area contributed by atoms with E-state index in [-0.39, 0.29) is 28.5 Å². The average molecular weight is 320 g/mol. The van der Waals surface area contributed by atoms with Crippen LogP contribution in [-0.4, -0.2) is 42.3 Å². The molecule has 0 saturated carbocycles. The molecule has 1 aliphatic rings. The van der Waals surface area contributed by atoms with Crippen LogP contribution in [0, 0.1) is 5.92 Å². The highest BCUT2D eigenvalue weighted by molar-refractivity contribution is 8.00. The summed E-state index contributed by atoms with van der Waals surface area (Å²) in [5, 5.41) is 15.3. The molecule has 4 nitrogen and oxygen atoms in total. The molecule has 8 heteroatoms. The Morgan fingerprint density at radius 3 is 2.52 bits per heavy atom. The second-order valence-electron chi connectivity index (χ2n) is 4.77. The molecule has 0 aliphatic carbocycles. The van der Waals surface area contributed by atoms with Crippen LogP contribution in [0.2, 0.25) is 0 Å². The van der Waals surface area contributed by atoms with Crippen LogP contribution in [0.25, 0.3) is 0 Å². The summed E-state index contributed by atoms with van der Waals surface area (Å²) in [7, 11) is 0. The van der Waals surface area contributed by atoms with Crippen LogP contribution in [0.5, 0.6) is 0 Å². The number of aliphatic hydroxyl groups is 1. The third-order valence-corrected chi connectivity index (χ3v) is 3.92. The molecule has 1 heterocycles. The Morgan fingerprint density at radius 2 is 2.00 bits per heavy atom. The first kappa shape index (κ1) is 16.1. The summed E-state index contributed by atoms with van der Waals surface area (Å²) in [5.74, 6) is -0.410. The first-order valence-electron chi connectivity index (χ1n) is 6.38. The quantitative estimate of drug-likeness (QED) is 0.738. The largest absolute Gasteiger partial charge is 0.446 e. The Hall–Kier alpha value is -1.25. The van der Waals surface area contributed by atoms with Gasteiger partial charge in [0.1, 0.15) is 0 Å². The van der Waals surface area contributed by atoms with Crippen LogP contribution in [-0.2, 0) is 0 Å².